The number of allylic oxidation sites excluding steroid dienone is 1. The number of nitrogens with zero attached hydrogens (tertiary/aromatic N) is 2. The van der Waals surface area contributed by atoms with Crippen LogP contribution in [0.15, 0.2) is 35.9 Å². The number of para-hydroxylation sites is 2. The lowest BCUT2D eigenvalue weighted by Crippen LogP contribution is -2.36. The van der Waals surface area contributed by atoms with E-state index in [-0.39, 0.29) is 5.92 Å². The molecule has 1 aliphatic carbocycles. The molecule has 3 atom stereocenters. The molecule has 0 saturated carbocycles. The molecule has 1 heterocycles. The van der Waals surface area contributed by atoms with Crippen LogP contribution >= 0.6 is 0 Å². The van der Waals surface area contributed by atoms with Crippen LogP contribution in [0, 0.1) is 23.7 Å². The fraction of sp³-hybridized carbons (Fsp3) is 0.571. The highest BCUT2D eigenvalue weighted by Crippen LogP contribution is 2.38. The van der Waals surface area contributed by atoms with Gasteiger partial charge >= 0.3 is 0 Å². The Bertz CT molecular complexity index is 943. The normalized spacial score (nSPS) is 23.8. The van der Waals surface area contributed by atoms with Gasteiger partial charge in [0.25, 0.3) is 0 Å². The summed E-state index contributed by atoms with van der Waals surface area (Å²) in [6.07, 6.45) is 5.51. The van der Waals surface area contributed by atoms with Gasteiger partial charge in [0.2, 0.25) is 10.0 Å². The lowest BCUT2D eigenvalue weighted by atomic mass is 9.70. The molecule has 6 heteroatoms. The molecule has 1 N–H and O–H groups in total. The van der Waals surface area contributed by atoms with Gasteiger partial charge in [-0.1, -0.05) is 37.6 Å². The zero-order valence-electron chi connectivity index (χ0n) is 16.9. The van der Waals surface area contributed by atoms with Gasteiger partial charge in [-0.25, -0.2) is 18.1 Å². The standard InChI is InChI=1S/C21H31N3O2S/c1-14(2)18-11-16(15(3)10-17(18)13-22-27(5,25)26)12-21-23-19-8-6-7-9-20(19)24(21)4/h6-10,14,16-18,22H,11-13H2,1-5H3. The minimum Gasteiger partial charge on any atom is -0.331 e. The van der Waals surface area contributed by atoms with Gasteiger partial charge in [0.1, 0.15) is 5.82 Å². The van der Waals surface area contributed by atoms with E-state index in [0.29, 0.717) is 24.3 Å². The van der Waals surface area contributed by atoms with Crippen LogP contribution in [0.2, 0.25) is 0 Å². The molecule has 2 aromatic rings. The molecule has 5 nitrogen and oxygen atoms in total. The zero-order chi connectivity index (χ0) is 19.8. The number of rotatable bonds is 6. The summed E-state index contributed by atoms with van der Waals surface area (Å²) in [6, 6.07) is 8.25. The van der Waals surface area contributed by atoms with Crippen LogP contribution in [0.5, 0.6) is 0 Å². The van der Waals surface area contributed by atoms with Gasteiger partial charge in [-0.3, -0.25) is 0 Å². The number of hydrogen-bond donors (Lipinski definition) is 1. The Morgan fingerprint density at radius 2 is 2.00 bits per heavy atom. The highest BCUT2D eigenvalue weighted by molar-refractivity contribution is 7.88. The van der Waals surface area contributed by atoms with Crippen LogP contribution in [0.25, 0.3) is 11.0 Å². The van der Waals surface area contributed by atoms with E-state index < -0.39 is 10.0 Å². The maximum absolute atomic E-state index is 11.5. The molecule has 0 amide bonds. The van der Waals surface area contributed by atoms with Crippen molar-refractivity contribution in [3.8, 4) is 0 Å². The lowest BCUT2D eigenvalue weighted by Gasteiger charge is -2.37. The van der Waals surface area contributed by atoms with E-state index in [9.17, 15) is 8.42 Å². The van der Waals surface area contributed by atoms with E-state index in [0.717, 1.165) is 24.2 Å². The van der Waals surface area contributed by atoms with Gasteiger partial charge in [0.05, 0.1) is 17.3 Å². The summed E-state index contributed by atoms with van der Waals surface area (Å²) < 4.78 is 27.9. The van der Waals surface area contributed by atoms with Crippen LogP contribution in [-0.4, -0.2) is 30.8 Å². The van der Waals surface area contributed by atoms with E-state index in [1.807, 2.05) is 12.1 Å². The maximum atomic E-state index is 11.5. The lowest BCUT2D eigenvalue weighted by molar-refractivity contribution is 0.226. The second-order valence-electron chi connectivity index (χ2n) is 8.32. The number of fused-ring (bicyclic) bond motifs is 1. The number of imidazole rings is 1. The second kappa shape index (κ2) is 7.76. The monoisotopic (exact) mass is 389 g/mol. The van der Waals surface area contributed by atoms with Gasteiger partial charge in [0, 0.05) is 20.0 Å². The highest BCUT2D eigenvalue weighted by Gasteiger charge is 2.32. The molecule has 3 rings (SSSR count). The molecule has 0 aliphatic heterocycles. The summed E-state index contributed by atoms with van der Waals surface area (Å²) in [5.74, 6) is 2.77. The van der Waals surface area contributed by atoms with Crippen molar-refractivity contribution in [2.75, 3.05) is 12.8 Å². The first kappa shape index (κ1) is 20.1. The second-order valence-corrected chi connectivity index (χ2v) is 10.1. The first-order valence-electron chi connectivity index (χ1n) is 9.69. The molecule has 27 heavy (non-hydrogen) atoms. The Morgan fingerprint density at radius 3 is 2.63 bits per heavy atom. The van der Waals surface area contributed by atoms with E-state index in [1.165, 1.54) is 17.3 Å². The van der Waals surface area contributed by atoms with Gasteiger partial charge in [0.15, 0.2) is 0 Å². The third kappa shape index (κ3) is 4.61. The molecule has 0 saturated heterocycles. The fourth-order valence-electron chi connectivity index (χ4n) is 4.35. The topological polar surface area (TPSA) is 64.0 Å². The molecule has 0 bridgehead atoms. The van der Waals surface area contributed by atoms with E-state index in [4.69, 9.17) is 4.98 Å². The molecule has 3 unspecified atom stereocenters. The molecular weight excluding hydrogens is 358 g/mol. The molecular formula is C21H31N3O2S. The first-order valence-corrected chi connectivity index (χ1v) is 11.6. The minimum absolute atomic E-state index is 0.247. The van der Waals surface area contributed by atoms with Crippen molar-refractivity contribution in [3.63, 3.8) is 0 Å². The Balaban J connectivity index is 1.82. The molecule has 0 fully saturated rings. The number of aromatic nitrogens is 2. The van der Waals surface area contributed by atoms with Crippen molar-refractivity contribution in [2.24, 2.45) is 30.7 Å². The van der Waals surface area contributed by atoms with E-state index in [2.05, 4.69) is 55.3 Å². The van der Waals surface area contributed by atoms with Gasteiger partial charge in [-0.2, -0.15) is 0 Å². The predicted octanol–water partition coefficient (Wildman–Crippen LogP) is 3.52. The number of benzene rings is 1. The van der Waals surface area contributed by atoms with Crippen LogP contribution in [0.1, 0.15) is 33.0 Å². The SMILES string of the molecule is CC1=CC(CNS(C)(=O)=O)C(C(C)C)CC1Cc1nc2ccccc2n1C. The molecule has 1 aromatic carbocycles. The van der Waals surface area contributed by atoms with Crippen LogP contribution in [-0.2, 0) is 23.5 Å². The molecule has 1 aliphatic rings. The number of hydrogen-bond acceptors (Lipinski definition) is 3. The van der Waals surface area contributed by atoms with Gasteiger partial charge in [-0.05, 0) is 49.1 Å². The largest absolute Gasteiger partial charge is 0.331 e. The fourth-order valence-corrected chi connectivity index (χ4v) is 4.85. The maximum Gasteiger partial charge on any atom is 0.208 e. The van der Waals surface area contributed by atoms with Crippen molar-refractivity contribution in [3.05, 3.63) is 41.7 Å². The molecule has 0 spiro atoms. The number of aryl methyl sites for hydroxylation is 1. The summed E-state index contributed by atoms with van der Waals surface area (Å²) in [5.41, 5.74) is 3.56. The Hall–Kier alpha value is -1.66. The van der Waals surface area contributed by atoms with Crippen molar-refractivity contribution in [1.29, 1.82) is 0 Å². The van der Waals surface area contributed by atoms with E-state index in [1.54, 1.807) is 0 Å². The third-order valence-corrected chi connectivity index (χ3v) is 6.66. The van der Waals surface area contributed by atoms with Gasteiger partial charge in [-0.15, -0.1) is 0 Å². The Kier molecular flexibility index (Phi) is 5.77. The van der Waals surface area contributed by atoms with Crippen LogP contribution in [0.4, 0.5) is 0 Å². The summed E-state index contributed by atoms with van der Waals surface area (Å²) >= 11 is 0. The van der Waals surface area contributed by atoms with Crippen molar-refractivity contribution in [2.45, 2.75) is 33.6 Å². The smallest absolute Gasteiger partial charge is 0.208 e. The number of sulfonamides is 1. The molecule has 148 valence electrons. The molecule has 1 aromatic heterocycles. The summed E-state index contributed by atoms with van der Waals surface area (Å²) in [6.45, 7) is 7.13. The quantitative estimate of drug-likeness (QED) is 0.769. The Labute approximate surface area is 162 Å². The summed E-state index contributed by atoms with van der Waals surface area (Å²) in [7, 11) is -1.08. The van der Waals surface area contributed by atoms with Crippen LogP contribution < -0.4 is 4.72 Å². The van der Waals surface area contributed by atoms with Crippen molar-refractivity contribution in [1.82, 2.24) is 14.3 Å². The minimum atomic E-state index is -3.17. The van der Waals surface area contributed by atoms with Crippen LogP contribution in [0.3, 0.4) is 0 Å². The number of nitrogens with one attached hydrogen (secondary N) is 1. The average Bonchev–Trinajstić information content (AvgIpc) is 2.90. The molecule has 0 radical (unpaired) electrons. The summed E-state index contributed by atoms with van der Waals surface area (Å²) in [5, 5.41) is 0. The van der Waals surface area contributed by atoms with Crippen molar-refractivity contribution >= 4 is 21.1 Å². The van der Waals surface area contributed by atoms with Crippen molar-refractivity contribution < 1.29 is 8.42 Å². The Morgan fingerprint density at radius 1 is 1.30 bits per heavy atom. The predicted molar refractivity (Wildman–Crippen MR) is 111 cm³/mol. The highest BCUT2D eigenvalue weighted by atomic mass is 32.2. The third-order valence-electron chi connectivity index (χ3n) is 5.97. The van der Waals surface area contributed by atoms with Gasteiger partial charge < -0.3 is 4.57 Å². The zero-order valence-corrected chi connectivity index (χ0v) is 17.8. The first-order chi connectivity index (χ1) is 12.7. The average molecular weight is 390 g/mol. The van der Waals surface area contributed by atoms with E-state index >= 15 is 0 Å². The summed E-state index contributed by atoms with van der Waals surface area (Å²) in [4.78, 5) is 4.84.